The molecule has 0 saturated heterocycles. The molecule has 0 saturated carbocycles. The van der Waals surface area contributed by atoms with Gasteiger partial charge in [-0.05, 0) is 0 Å². The summed E-state index contributed by atoms with van der Waals surface area (Å²) < 4.78 is 0.0626. The zero-order valence-corrected chi connectivity index (χ0v) is 27.3. The van der Waals surface area contributed by atoms with Gasteiger partial charge in [0.1, 0.15) is 0 Å². The van der Waals surface area contributed by atoms with Crippen molar-refractivity contribution >= 4 is 45.0 Å². The summed E-state index contributed by atoms with van der Waals surface area (Å²) in [6, 6.07) is 35.5. The average Bonchev–Trinajstić information content (AvgIpc) is 3.41. The van der Waals surface area contributed by atoms with Crippen LogP contribution in [-0.4, -0.2) is 5.43 Å². The second-order valence-corrected chi connectivity index (χ2v) is 46.2. The number of hydrogen-bond acceptors (Lipinski definition) is 0. The van der Waals surface area contributed by atoms with Gasteiger partial charge in [-0.3, -0.25) is 0 Å². The molecule has 4 heteroatoms. The van der Waals surface area contributed by atoms with Gasteiger partial charge >= 0.3 is 237 Å². The van der Waals surface area contributed by atoms with Gasteiger partial charge in [0.05, 0.1) is 0 Å². The number of rotatable bonds is 4. The molecule has 0 amide bonds. The van der Waals surface area contributed by atoms with Crippen molar-refractivity contribution in [1.82, 2.24) is 0 Å². The molecule has 0 aliphatic heterocycles. The van der Waals surface area contributed by atoms with Crippen LogP contribution in [-0.2, 0) is 15.0 Å². The van der Waals surface area contributed by atoms with E-state index in [0.717, 1.165) is 0 Å². The predicted octanol–water partition coefficient (Wildman–Crippen LogP) is 8.72. The fraction of sp³-hybridized carbons (Fsp3) is 0.176. The molecule has 2 unspecified atom stereocenters. The molecule has 190 valence electrons. The minimum atomic E-state index is -5.11. The van der Waals surface area contributed by atoms with Crippen molar-refractivity contribution in [1.29, 1.82) is 0 Å². The van der Waals surface area contributed by atoms with Gasteiger partial charge in [0.25, 0.3) is 0 Å². The van der Waals surface area contributed by atoms with Gasteiger partial charge < -0.3 is 0 Å². The van der Waals surface area contributed by atoms with Crippen molar-refractivity contribution in [3.63, 3.8) is 0 Å². The second kappa shape index (κ2) is 9.60. The quantitative estimate of drug-likeness (QED) is 0.198. The Labute approximate surface area is 234 Å². The van der Waals surface area contributed by atoms with Gasteiger partial charge in [-0.25, -0.2) is 0 Å². The Morgan fingerprint density at radius 2 is 0.947 bits per heavy atom. The molecular formula is C34H32Cl2SiZr. The first-order valence-electron chi connectivity index (χ1n) is 13.3. The van der Waals surface area contributed by atoms with E-state index in [1.54, 1.807) is 0 Å². The Hall–Kier alpha value is -1.96. The van der Waals surface area contributed by atoms with Crippen molar-refractivity contribution < 1.29 is 15.0 Å². The van der Waals surface area contributed by atoms with Gasteiger partial charge in [0.15, 0.2) is 0 Å². The summed E-state index contributed by atoms with van der Waals surface area (Å²) in [5.41, 5.74) is 8.69. The molecule has 0 heterocycles. The molecule has 4 aromatic rings. The first-order valence-corrected chi connectivity index (χ1v) is 27.7. The molecule has 38 heavy (non-hydrogen) atoms. The first kappa shape index (κ1) is 26.3. The van der Waals surface area contributed by atoms with Crippen LogP contribution >= 0.6 is 17.0 Å². The van der Waals surface area contributed by atoms with Crippen molar-refractivity contribution in [3.8, 4) is 0 Å². The number of allylic oxidation sites excluding steroid dienone is 2. The fourth-order valence-electron chi connectivity index (χ4n) is 7.09. The standard InChI is InChI=1S/C12H10Si.2C11H11.2ClH.Zr/c1-3-7-11(8-4-1)13-12-9-5-2-6-10-12;2*1-8-3-4-10-6-9(2)7-11(10)5-8;;;/h1-10H;2*3-7H,1-2H3;2*1H;/q;;;;;+2/p-2. The Bertz CT molecular complexity index is 1590. The van der Waals surface area contributed by atoms with Crippen LogP contribution in [0.15, 0.2) is 108 Å². The van der Waals surface area contributed by atoms with Crippen LogP contribution in [0.25, 0.3) is 12.2 Å². The number of benzene rings is 4. The molecule has 0 nitrogen and oxygen atoms in total. The zero-order chi connectivity index (χ0) is 26.7. The van der Waals surface area contributed by atoms with Gasteiger partial charge in [-0.15, -0.1) is 0 Å². The normalized spacial score (nSPS) is 18.5. The number of fused-ring (bicyclic) bond motifs is 2. The summed E-state index contributed by atoms with van der Waals surface area (Å²) in [7, 11) is 17.5. The van der Waals surface area contributed by atoms with E-state index in [1.165, 1.54) is 54.9 Å². The maximum atomic E-state index is 8.73. The number of hydrogen-bond donors (Lipinski definition) is 0. The monoisotopic (exact) mass is 628 g/mol. The summed E-state index contributed by atoms with van der Waals surface area (Å²) in [6.07, 6.45) is 4.69. The number of halogens is 2. The third kappa shape index (κ3) is 4.03. The molecule has 0 radical (unpaired) electrons. The molecule has 0 aromatic heterocycles. The third-order valence-corrected chi connectivity index (χ3v) is 46.8. The maximum absolute atomic E-state index is 8.73. The molecule has 0 fully saturated rings. The van der Waals surface area contributed by atoms with Crippen LogP contribution in [0.1, 0.15) is 54.5 Å². The molecule has 0 bridgehead atoms. The summed E-state index contributed by atoms with van der Waals surface area (Å²) in [5.74, 6) is 0. The SMILES string of the molecule is CC1=Cc2ccc(C)cc2[CH]1[Zr]([Cl])([Cl])([CH]1C(C)=Cc2ccc(C)cc21)=[Si](c1ccccc1)c1ccccc1. The summed E-state index contributed by atoms with van der Waals surface area (Å²) >= 11 is -5.11. The summed E-state index contributed by atoms with van der Waals surface area (Å²) in [5, 5.41) is 2.62. The topological polar surface area (TPSA) is 0 Å². The third-order valence-electron chi connectivity index (χ3n) is 8.44. The second-order valence-electron chi connectivity index (χ2n) is 11.2. The van der Waals surface area contributed by atoms with E-state index in [4.69, 9.17) is 17.0 Å². The minimum absolute atomic E-state index is 0.0313. The van der Waals surface area contributed by atoms with Crippen molar-refractivity contribution in [2.45, 2.75) is 34.9 Å². The van der Waals surface area contributed by atoms with Crippen LogP contribution in [0.3, 0.4) is 0 Å². The Morgan fingerprint density at radius 3 is 1.34 bits per heavy atom. The zero-order valence-electron chi connectivity index (χ0n) is 22.3. The van der Waals surface area contributed by atoms with E-state index in [-0.39, 0.29) is 7.25 Å². The Kier molecular flexibility index (Phi) is 6.64. The van der Waals surface area contributed by atoms with Gasteiger partial charge in [0.2, 0.25) is 0 Å². The van der Waals surface area contributed by atoms with E-state index in [9.17, 15) is 0 Å². The molecule has 6 rings (SSSR count). The van der Waals surface area contributed by atoms with Crippen LogP contribution in [0, 0.1) is 13.8 Å². The van der Waals surface area contributed by atoms with Crippen LogP contribution in [0.5, 0.6) is 0 Å². The average molecular weight is 631 g/mol. The van der Waals surface area contributed by atoms with Gasteiger partial charge in [-0.2, -0.15) is 0 Å². The fourth-order valence-corrected chi connectivity index (χ4v) is 53.5. The summed E-state index contributed by atoms with van der Waals surface area (Å²) in [6.45, 7) is 8.88. The van der Waals surface area contributed by atoms with E-state index >= 15 is 0 Å². The molecule has 0 N–H and O–H groups in total. The summed E-state index contributed by atoms with van der Waals surface area (Å²) in [4.78, 5) is 0. The van der Waals surface area contributed by atoms with E-state index < -0.39 is 20.4 Å². The Balaban J connectivity index is 1.85. The molecule has 0 spiro atoms. The first-order chi connectivity index (χ1) is 18.2. The molecule has 4 aromatic carbocycles. The molecule has 2 aliphatic carbocycles. The molecule has 2 aliphatic rings. The van der Waals surface area contributed by atoms with Gasteiger partial charge in [0, 0.05) is 0 Å². The number of aryl methyl sites for hydroxylation is 2. The van der Waals surface area contributed by atoms with Crippen molar-refractivity contribution in [2.24, 2.45) is 0 Å². The van der Waals surface area contributed by atoms with Gasteiger partial charge in [-0.1, -0.05) is 0 Å². The van der Waals surface area contributed by atoms with Crippen LogP contribution in [0.2, 0.25) is 0 Å². The predicted molar refractivity (Wildman–Crippen MR) is 165 cm³/mol. The molecular weight excluding hydrogens is 599 g/mol. The van der Waals surface area contributed by atoms with Crippen molar-refractivity contribution in [2.75, 3.05) is 0 Å². The van der Waals surface area contributed by atoms with E-state index in [0.29, 0.717) is 0 Å². The van der Waals surface area contributed by atoms with E-state index in [2.05, 4.69) is 137 Å². The van der Waals surface area contributed by atoms with Crippen molar-refractivity contribution in [3.05, 3.63) is 142 Å². The van der Waals surface area contributed by atoms with E-state index in [1.807, 2.05) is 0 Å². The van der Waals surface area contributed by atoms with Crippen LogP contribution in [0.4, 0.5) is 0 Å². The van der Waals surface area contributed by atoms with Crippen LogP contribution < -0.4 is 10.4 Å². The Morgan fingerprint density at radius 1 is 0.553 bits per heavy atom. The molecule has 2 atom stereocenters.